The van der Waals surface area contributed by atoms with Crippen LogP contribution in [0.3, 0.4) is 0 Å². The first kappa shape index (κ1) is 19.7. The smallest absolute Gasteiger partial charge is 0.263 e. The zero-order valence-electron chi connectivity index (χ0n) is 16.6. The largest absolute Gasteiger partial charge is 0.378 e. The Labute approximate surface area is 181 Å². The molecule has 0 radical (unpaired) electrons. The van der Waals surface area contributed by atoms with Crippen molar-refractivity contribution in [1.29, 1.82) is 0 Å². The summed E-state index contributed by atoms with van der Waals surface area (Å²) in [4.78, 5) is 19.4. The van der Waals surface area contributed by atoms with E-state index in [1.807, 2.05) is 4.90 Å². The molecule has 4 aromatic rings. The van der Waals surface area contributed by atoms with Crippen LogP contribution in [-0.2, 0) is 11.8 Å². The third-order valence-corrected chi connectivity index (χ3v) is 5.58. The number of aryl methyl sites for hydroxylation is 1. The first-order chi connectivity index (χ1) is 15.0. The second kappa shape index (κ2) is 7.79. The fraction of sp³-hybridized carbons (Fsp3) is 0.227. The summed E-state index contributed by atoms with van der Waals surface area (Å²) in [6.07, 6.45) is 1.63. The van der Waals surface area contributed by atoms with Crippen LogP contribution >= 0.6 is 11.6 Å². The van der Waals surface area contributed by atoms with E-state index in [1.165, 1.54) is 6.07 Å². The summed E-state index contributed by atoms with van der Waals surface area (Å²) in [5.41, 5.74) is 1.57. The molecule has 1 aliphatic rings. The number of halogens is 2. The molecule has 1 aliphatic heterocycles. The van der Waals surface area contributed by atoms with Crippen molar-refractivity contribution in [3.8, 4) is 22.8 Å². The number of rotatable bonds is 3. The van der Waals surface area contributed by atoms with Gasteiger partial charge in [0.15, 0.2) is 0 Å². The van der Waals surface area contributed by atoms with Gasteiger partial charge in [-0.1, -0.05) is 28.9 Å². The standard InChI is InChI=1S/C22H18ClFN4O3/c1-27-12-16(22-25-21(26-31-22)13-3-2-4-14(23)9-13)20(29)15-10-17(24)19(11-18(15)27)28-5-7-30-8-6-28/h2-4,9-12H,5-8H2,1H3. The lowest BCUT2D eigenvalue weighted by atomic mass is 10.1. The Morgan fingerprint density at radius 1 is 1.16 bits per heavy atom. The van der Waals surface area contributed by atoms with Crippen molar-refractivity contribution in [3.63, 3.8) is 0 Å². The Kier molecular flexibility index (Phi) is 4.95. The van der Waals surface area contributed by atoms with Crippen LogP contribution in [-0.4, -0.2) is 41.0 Å². The van der Waals surface area contributed by atoms with E-state index in [-0.39, 0.29) is 22.3 Å². The molecule has 9 heteroatoms. The molecule has 0 saturated carbocycles. The van der Waals surface area contributed by atoms with E-state index in [2.05, 4.69) is 10.1 Å². The minimum atomic E-state index is -0.450. The molecule has 2 aromatic heterocycles. The maximum absolute atomic E-state index is 14.9. The highest BCUT2D eigenvalue weighted by molar-refractivity contribution is 6.30. The summed E-state index contributed by atoms with van der Waals surface area (Å²) in [6, 6.07) is 9.99. The molecule has 158 valence electrons. The first-order valence-corrected chi connectivity index (χ1v) is 10.1. The number of fused-ring (bicyclic) bond motifs is 1. The van der Waals surface area contributed by atoms with Gasteiger partial charge in [0.05, 0.1) is 24.4 Å². The lowest BCUT2D eigenvalue weighted by Crippen LogP contribution is -2.36. The first-order valence-electron chi connectivity index (χ1n) is 9.77. The molecule has 0 unspecified atom stereocenters. The number of benzene rings is 2. The lowest BCUT2D eigenvalue weighted by molar-refractivity contribution is 0.122. The van der Waals surface area contributed by atoms with Crippen LogP contribution in [0.15, 0.2) is 51.9 Å². The van der Waals surface area contributed by atoms with Gasteiger partial charge in [-0.15, -0.1) is 0 Å². The molecule has 0 atom stereocenters. The van der Waals surface area contributed by atoms with E-state index in [1.54, 1.807) is 48.1 Å². The summed E-state index contributed by atoms with van der Waals surface area (Å²) in [5, 5.41) is 4.75. The number of ether oxygens (including phenoxy) is 1. The van der Waals surface area contributed by atoms with E-state index < -0.39 is 5.82 Å². The predicted octanol–water partition coefficient (Wildman–Crippen LogP) is 3.88. The quantitative estimate of drug-likeness (QED) is 0.481. The van der Waals surface area contributed by atoms with E-state index in [0.29, 0.717) is 53.9 Å². The second-order valence-electron chi connectivity index (χ2n) is 7.34. The number of anilines is 1. The second-order valence-corrected chi connectivity index (χ2v) is 7.77. The van der Waals surface area contributed by atoms with Crippen molar-refractivity contribution >= 4 is 28.2 Å². The number of nitrogens with zero attached hydrogens (tertiary/aromatic N) is 4. The Morgan fingerprint density at radius 2 is 1.97 bits per heavy atom. The molecule has 5 rings (SSSR count). The van der Waals surface area contributed by atoms with Crippen molar-refractivity contribution in [3.05, 3.63) is 63.7 Å². The van der Waals surface area contributed by atoms with Crippen LogP contribution in [0.4, 0.5) is 10.1 Å². The van der Waals surface area contributed by atoms with E-state index in [4.69, 9.17) is 20.9 Å². The third kappa shape index (κ3) is 3.58. The molecule has 0 bridgehead atoms. The number of morpholine rings is 1. The van der Waals surface area contributed by atoms with Crippen LogP contribution < -0.4 is 10.3 Å². The van der Waals surface area contributed by atoms with Gasteiger partial charge in [-0.25, -0.2) is 4.39 Å². The molecular weight excluding hydrogens is 423 g/mol. The van der Waals surface area contributed by atoms with Crippen molar-refractivity contribution < 1.29 is 13.7 Å². The lowest BCUT2D eigenvalue weighted by Gasteiger charge is -2.29. The SMILES string of the molecule is Cn1cc(-c2nc(-c3cccc(Cl)c3)no2)c(=O)c2cc(F)c(N3CCOCC3)cc21. The van der Waals surface area contributed by atoms with E-state index >= 15 is 0 Å². The number of aromatic nitrogens is 3. The molecule has 0 aliphatic carbocycles. The minimum absolute atomic E-state index is 0.0649. The Bertz CT molecular complexity index is 1340. The topological polar surface area (TPSA) is 73.4 Å². The van der Waals surface area contributed by atoms with Gasteiger partial charge in [0.1, 0.15) is 11.4 Å². The predicted molar refractivity (Wildman–Crippen MR) is 116 cm³/mol. The van der Waals surface area contributed by atoms with Crippen LogP contribution in [0, 0.1) is 5.82 Å². The molecule has 1 saturated heterocycles. The average Bonchev–Trinajstić information content (AvgIpc) is 3.27. The molecule has 1 fully saturated rings. The van der Waals surface area contributed by atoms with Crippen molar-refractivity contribution in [2.45, 2.75) is 0 Å². The summed E-state index contributed by atoms with van der Waals surface area (Å²) in [7, 11) is 1.79. The van der Waals surface area contributed by atoms with Crippen LogP contribution in [0.5, 0.6) is 0 Å². The van der Waals surface area contributed by atoms with Gasteiger partial charge in [0.25, 0.3) is 5.89 Å². The fourth-order valence-corrected chi connectivity index (χ4v) is 3.96. The van der Waals surface area contributed by atoms with Gasteiger partial charge < -0.3 is 18.7 Å². The molecule has 0 N–H and O–H groups in total. The van der Waals surface area contributed by atoms with Crippen molar-refractivity contribution in [2.75, 3.05) is 31.2 Å². The van der Waals surface area contributed by atoms with E-state index in [0.717, 1.165) is 0 Å². The maximum atomic E-state index is 14.9. The molecule has 3 heterocycles. The van der Waals surface area contributed by atoms with Crippen molar-refractivity contribution in [2.24, 2.45) is 7.05 Å². The van der Waals surface area contributed by atoms with Gasteiger partial charge >= 0.3 is 0 Å². The van der Waals surface area contributed by atoms with Gasteiger partial charge in [-0.05, 0) is 24.3 Å². The summed E-state index contributed by atoms with van der Waals surface area (Å²) in [5.74, 6) is -0.0718. The van der Waals surface area contributed by atoms with Crippen LogP contribution in [0.1, 0.15) is 0 Å². The highest BCUT2D eigenvalue weighted by Gasteiger charge is 2.21. The van der Waals surface area contributed by atoms with Crippen LogP contribution in [0.2, 0.25) is 5.02 Å². The fourth-order valence-electron chi connectivity index (χ4n) is 3.77. The minimum Gasteiger partial charge on any atom is -0.378 e. The molecule has 0 amide bonds. The molecule has 2 aromatic carbocycles. The highest BCUT2D eigenvalue weighted by Crippen LogP contribution is 2.28. The maximum Gasteiger partial charge on any atom is 0.263 e. The number of hydrogen-bond donors (Lipinski definition) is 0. The zero-order valence-corrected chi connectivity index (χ0v) is 17.4. The average molecular weight is 441 g/mol. The summed E-state index contributed by atoms with van der Waals surface area (Å²) < 4.78 is 27.4. The third-order valence-electron chi connectivity index (χ3n) is 5.35. The Hall–Kier alpha value is -3.23. The van der Waals surface area contributed by atoms with Crippen molar-refractivity contribution in [1.82, 2.24) is 14.7 Å². The highest BCUT2D eigenvalue weighted by atomic mass is 35.5. The van der Waals surface area contributed by atoms with Gasteiger partial charge in [0.2, 0.25) is 11.3 Å². The molecule has 0 spiro atoms. The molecular formula is C22H18ClFN4O3. The molecule has 7 nitrogen and oxygen atoms in total. The van der Waals surface area contributed by atoms with Crippen LogP contribution in [0.25, 0.3) is 33.7 Å². The number of hydrogen-bond acceptors (Lipinski definition) is 6. The zero-order chi connectivity index (χ0) is 21.5. The Morgan fingerprint density at radius 3 is 2.74 bits per heavy atom. The van der Waals surface area contributed by atoms with Gasteiger partial charge in [0, 0.05) is 42.3 Å². The van der Waals surface area contributed by atoms with E-state index in [9.17, 15) is 9.18 Å². The summed E-state index contributed by atoms with van der Waals surface area (Å²) in [6.45, 7) is 2.29. The monoisotopic (exact) mass is 440 g/mol. The number of pyridine rings is 1. The van der Waals surface area contributed by atoms with Gasteiger partial charge in [-0.2, -0.15) is 4.98 Å². The Balaban J connectivity index is 1.60. The van der Waals surface area contributed by atoms with Gasteiger partial charge in [-0.3, -0.25) is 4.79 Å². The molecule has 31 heavy (non-hydrogen) atoms. The summed E-state index contributed by atoms with van der Waals surface area (Å²) >= 11 is 6.03. The normalized spacial score (nSPS) is 14.4.